The summed E-state index contributed by atoms with van der Waals surface area (Å²) in [4.78, 5) is 14.5. The smallest absolute Gasteiger partial charge is 0.239 e. The lowest BCUT2D eigenvalue weighted by Crippen LogP contribution is -2.54. The predicted molar refractivity (Wildman–Crippen MR) is 98.3 cm³/mol. The predicted octanol–water partition coefficient (Wildman–Crippen LogP) is 3.97. The maximum Gasteiger partial charge on any atom is 0.239 e. The van der Waals surface area contributed by atoms with Gasteiger partial charge in [-0.15, -0.1) is 0 Å². The fraction of sp³-hybridized carbons (Fsp3) is 0.429. The molecular weight excluding hydrogens is 312 g/mol. The molecule has 0 unspecified atom stereocenters. The number of benzene rings is 2. The highest BCUT2D eigenvalue weighted by molar-refractivity contribution is 5.36. The van der Waals surface area contributed by atoms with Crippen LogP contribution in [0.15, 0.2) is 48.5 Å². The minimum absolute atomic E-state index is 0.0278. The third-order valence-corrected chi connectivity index (χ3v) is 5.97. The molecule has 2 aliphatic rings. The van der Waals surface area contributed by atoms with Gasteiger partial charge in [-0.25, -0.2) is 0 Å². The van der Waals surface area contributed by atoms with E-state index >= 15 is 0 Å². The molecule has 1 saturated heterocycles. The van der Waals surface area contributed by atoms with Crippen LogP contribution in [-0.2, 0) is 6.42 Å². The van der Waals surface area contributed by atoms with E-state index in [2.05, 4.69) is 55.1 Å². The van der Waals surface area contributed by atoms with Gasteiger partial charge < -0.3 is 0 Å². The van der Waals surface area contributed by atoms with E-state index in [1.807, 2.05) is 12.1 Å². The molecule has 0 saturated carbocycles. The molecule has 0 bridgehead atoms. The number of hydrogen-bond donors (Lipinski definition) is 0. The zero-order valence-corrected chi connectivity index (χ0v) is 14.8. The molecule has 4 rings (SSSR count). The first-order valence-electron chi connectivity index (χ1n) is 9.08. The van der Waals surface area contributed by atoms with E-state index in [4.69, 9.17) is 0 Å². The SMILES string of the molecule is Cc1ccc([C@H]2[C@H]([N+](=O)[O-])[C@H]3c4ccccc4CCN3C[C@@H]2C)cc1. The Morgan fingerprint density at radius 2 is 1.84 bits per heavy atom. The molecule has 0 N–H and O–H groups in total. The molecule has 4 nitrogen and oxygen atoms in total. The molecule has 2 heterocycles. The topological polar surface area (TPSA) is 46.4 Å². The molecule has 0 aromatic heterocycles. The Bertz CT molecular complexity index is 787. The number of rotatable bonds is 2. The van der Waals surface area contributed by atoms with Crippen molar-refractivity contribution in [1.29, 1.82) is 0 Å². The molecule has 4 heteroatoms. The molecule has 2 aromatic carbocycles. The zero-order chi connectivity index (χ0) is 17.6. The first-order chi connectivity index (χ1) is 12.1. The molecular formula is C21H24N2O2. The second kappa shape index (κ2) is 6.26. The van der Waals surface area contributed by atoms with Gasteiger partial charge >= 0.3 is 0 Å². The van der Waals surface area contributed by atoms with Gasteiger partial charge in [0.05, 0.1) is 5.92 Å². The monoisotopic (exact) mass is 336 g/mol. The van der Waals surface area contributed by atoms with Gasteiger partial charge in [-0.05, 0) is 36.0 Å². The lowest BCUT2D eigenvalue weighted by atomic mass is 9.71. The average Bonchev–Trinajstić information content (AvgIpc) is 2.61. The van der Waals surface area contributed by atoms with Crippen LogP contribution in [0.5, 0.6) is 0 Å². The second-order valence-electron chi connectivity index (χ2n) is 7.58. The molecule has 130 valence electrons. The van der Waals surface area contributed by atoms with Crippen LogP contribution in [-0.4, -0.2) is 29.0 Å². The fourth-order valence-corrected chi connectivity index (χ4v) is 4.83. The van der Waals surface area contributed by atoms with Crippen molar-refractivity contribution in [3.8, 4) is 0 Å². The number of nitro groups is 1. The highest BCUT2D eigenvalue weighted by atomic mass is 16.6. The Labute approximate surface area is 148 Å². The Morgan fingerprint density at radius 3 is 2.56 bits per heavy atom. The van der Waals surface area contributed by atoms with Crippen LogP contribution in [0.4, 0.5) is 0 Å². The second-order valence-corrected chi connectivity index (χ2v) is 7.58. The van der Waals surface area contributed by atoms with Crippen molar-refractivity contribution in [2.45, 2.75) is 38.3 Å². The van der Waals surface area contributed by atoms with Crippen molar-refractivity contribution in [3.05, 3.63) is 80.9 Å². The first kappa shape index (κ1) is 16.3. The normalized spacial score (nSPS) is 28.9. The summed E-state index contributed by atoms with van der Waals surface area (Å²) in [7, 11) is 0. The quantitative estimate of drug-likeness (QED) is 0.616. The van der Waals surface area contributed by atoms with Crippen LogP contribution in [0.1, 0.15) is 41.1 Å². The summed E-state index contributed by atoms with van der Waals surface area (Å²) in [5.74, 6) is 0.211. The number of hydrogen-bond acceptors (Lipinski definition) is 3. The van der Waals surface area contributed by atoms with E-state index in [-0.39, 0.29) is 22.8 Å². The maximum atomic E-state index is 12.2. The highest BCUT2D eigenvalue weighted by Crippen LogP contribution is 2.46. The Kier molecular flexibility index (Phi) is 4.08. The lowest BCUT2D eigenvalue weighted by molar-refractivity contribution is -0.542. The fourth-order valence-electron chi connectivity index (χ4n) is 4.83. The summed E-state index contributed by atoms with van der Waals surface area (Å²) in [6.07, 6.45) is 0.985. The van der Waals surface area contributed by atoms with Gasteiger partial charge in [-0.1, -0.05) is 61.0 Å². The molecule has 0 amide bonds. The molecule has 4 atom stereocenters. The van der Waals surface area contributed by atoms with Crippen molar-refractivity contribution in [2.24, 2.45) is 5.92 Å². The number of fused-ring (bicyclic) bond motifs is 3. The van der Waals surface area contributed by atoms with Crippen molar-refractivity contribution in [2.75, 3.05) is 13.1 Å². The molecule has 2 aromatic rings. The van der Waals surface area contributed by atoms with Crippen LogP contribution in [0.25, 0.3) is 0 Å². The summed E-state index contributed by atoms with van der Waals surface area (Å²) in [6, 6.07) is 15.8. The van der Waals surface area contributed by atoms with Gasteiger partial charge in [0.15, 0.2) is 0 Å². The largest absolute Gasteiger partial charge is 0.290 e. The number of piperidine rings is 1. The van der Waals surface area contributed by atoms with Gasteiger partial charge in [-0.2, -0.15) is 0 Å². The standard InChI is InChI=1S/C21H24N2O2/c1-14-7-9-17(10-8-14)19-15(2)13-22-12-11-16-5-3-4-6-18(16)20(22)21(19)23(24)25/h3-10,15,19-21H,11-13H2,1-2H3/t15-,19-,20+,21-/m0/s1. The van der Waals surface area contributed by atoms with E-state index < -0.39 is 6.04 Å². The van der Waals surface area contributed by atoms with Crippen LogP contribution in [0, 0.1) is 23.0 Å². The third-order valence-electron chi connectivity index (χ3n) is 5.97. The van der Waals surface area contributed by atoms with Gasteiger partial charge in [-0.3, -0.25) is 15.0 Å². The van der Waals surface area contributed by atoms with Crippen molar-refractivity contribution < 1.29 is 4.92 Å². The maximum absolute atomic E-state index is 12.2. The van der Waals surface area contributed by atoms with Crippen LogP contribution >= 0.6 is 0 Å². The molecule has 0 aliphatic carbocycles. The third kappa shape index (κ3) is 2.74. The van der Waals surface area contributed by atoms with Gasteiger partial charge in [0.2, 0.25) is 6.04 Å². The summed E-state index contributed by atoms with van der Waals surface area (Å²) in [5.41, 5.74) is 4.71. The minimum atomic E-state index is -0.604. The summed E-state index contributed by atoms with van der Waals surface area (Å²) < 4.78 is 0. The van der Waals surface area contributed by atoms with E-state index in [9.17, 15) is 10.1 Å². The molecule has 0 radical (unpaired) electrons. The van der Waals surface area contributed by atoms with Crippen molar-refractivity contribution in [3.63, 3.8) is 0 Å². The van der Waals surface area contributed by atoms with E-state index in [1.54, 1.807) is 0 Å². The van der Waals surface area contributed by atoms with Crippen LogP contribution in [0.2, 0.25) is 0 Å². The zero-order valence-electron chi connectivity index (χ0n) is 14.8. The van der Waals surface area contributed by atoms with Crippen LogP contribution in [0.3, 0.4) is 0 Å². The Hall–Kier alpha value is -2.20. The Morgan fingerprint density at radius 1 is 1.12 bits per heavy atom. The summed E-state index contributed by atoms with van der Waals surface area (Å²) >= 11 is 0. The first-order valence-corrected chi connectivity index (χ1v) is 9.08. The molecule has 25 heavy (non-hydrogen) atoms. The van der Waals surface area contributed by atoms with Gasteiger partial charge in [0.1, 0.15) is 6.04 Å². The average molecular weight is 336 g/mol. The molecule has 2 aliphatic heterocycles. The minimum Gasteiger partial charge on any atom is -0.290 e. The summed E-state index contributed by atoms with van der Waals surface area (Å²) in [5, 5.41) is 12.2. The Balaban J connectivity index is 1.81. The van der Waals surface area contributed by atoms with Gasteiger partial charge in [0.25, 0.3) is 0 Å². The van der Waals surface area contributed by atoms with Gasteiger partial charge in [0, 0.05) is 18.0 Å². The highest BCUT2D eigenvalue weighted by Gasteiger charge is 2.51. The van der Waals surface area contributed by atoms with Crippen molar-refractivity contribution in [1.82, 2.24) is 4.90 Å². The number of aryl methyl sites for hydroxylation is 1. The van der Waals surface area contributed by atoms with E-state index in [0.717, 1.165) is 30.6 Å². The number of nitrogens with zero attached hydrogens (tertiary/aromatic N) is 2. The van der Waals surface area contributed by atoms with E-state index in [0.29, 0.717) is 0 Å². The summed E-state index contributed by atoms with van der Waals surface area (Å²) in [6.45, 7) is 6.05. The molecule has 1 fully saturated rings. The lowest BCUT2D eigenvalue weighted by Gasteiger charge is -2.47. The molecule has 0 spiro atoms. The van der Waals surface area contributed by atoms with Crippen molar-refractivity contribution >= 4 is 0 Å². The van der Waals surface area contributed by atoms with Crippen LogP contribution < -0.4 is 0 Å². The van der Waals surface area contributed by atoms with E-state index in [1.165, 1.54) is 11.1 Å².